The predicted molar refractivity (Wildman–Crippen MR) is 119 cm³/mol. The van der Waals surface area contributed by atoms with Crippen molar-refractivity contribution in [1.82, 2.24) is 14.8 Å². The third-order valence-electron chi connectivity index (χ3n) is 5.14. The van der Waals surface area contributed by atoms with Crippen molar-refractivity contribution in [3.05, 3.63) is 75.9 Å². The number of hydrogen-bond acceptors (Lipinski definition) is 4. The number of nitrogens with zero attached hydrogens (tertiary/aromatic N) is 2. The van der Waals surface area contributed by atoms with Crippen LogP contribution in [0.4, 0.5) is 5.69 Å². The van der Waals surface area contributed by atoms with Crippen molar-refractivity contribution in [2.75, 3.05) is 5.32 Å². The highest BCUT2D eigenvalue weighted by atomic mass is 32.1. The monoisotopic (exact) mass is 418 g/mol. The number of thiophene rings is 1. The highest BCUT2D eigenvalue weighted by Crippen LogP contribution is 2.37. The van der Waals surface area contributed by atoms with E-state index in [0.29, 0.717) is 17.7 Å². The van der Waals surface area contributed by atoms with Gasteiger partial charge in [-0.1, -0.05) is 36.4 Å². The maximum absolute atomic E-state index is 12.5. The molecule has 4 aromatic rings. The van der Waals surface area contributed by atoms with Gasteiger partial charge in [0.2, 0.25) is 5.91 Å². The fraction of sp³-hybridized carbons (Fsp3) is 0.136. The molecule has 0 radical (unpaired) electrons. The molecule has 0 bridgehead atoms. The zero-order valence-corrected chi connectivity index (χ0v) is 17.1. The van der Waals surface area contributed by atoms with Gasteiger partial charge in [-0.05, 0) is 64.5 Å². The summed E-state index contributed by atoms with van der Waals surface area (Å²) in [7, 11) is 0. The minimum absolute atomic E-state index is 0.0410. The topological polar surface area (TPSA) is 62.7 Å². The number of benzene rings is 2. The molecule has 144 valence electrons. The Morgan fingerprint density at radius 3 is 2.86 bits per heavy atom. The Balaban J connectivity index is 1.28. The van der Waals surface area contributed by atoms with Crippen LogP contribution < -0.4 is 5.32 Å². The summed E-state index contributed by atoms with van der Waals surface area (Å²) in [6, 6.07) is 18.6. The molecule has 1 aliphatic carbocycles. The molecule has 2 aromatic heterocycles. The molecule has 0 aliphatic heterocycles. The normalized spacial score (nSPS) is 11.9. The van der Waals surface area contributed by atoms with Crippen molar-refractivity contribution in [1.29, 1.82) is 0 Å². The molecule has 0 fully saturated rings. The maximum Gasteiger partial charge on any atom is 0.226 e. The molecule has 2 heterocycles. The van der Waals surface area contributed by atoms with E-state index in [1.165, 1.54) is 22.3 Å². The molecule has 0 unspecified atom stereocenters. The minimum Gasteiger partial charge on any atom is -0.326 e. The van der Waals surface area contributed by atoms with Gasteiger partial charge in [-0.2, -0.15) is 5.10 Å². The van der Waals surface area contributed by atoms with Crippen LogP contribution in [0.1, 0.15) is 17.5 Å². The minimum atomic E-state index is -0.0410. The van der Waals surface area contributed by atoms with Crippen LogP contribution >= 0.6 is 23.6 Å². The largest absolute Gasteiger partial charge is 0.326 e. The number of hydrogen-bond donors (Lipinski definition) is 2. The van der Waals surface area contributed by atoms with Gasteiger partial charge in [0.25, 0.3) is 0 Å². The highest BCUT2D eigenvalue weighted by molar-refractivity contribution is 7.71. The van der Waals surface area contributed by atoms with E-state index in [1.807, 2.05) is 28.1 Å². The van der Waals surface area contributed by atoms with E-state index in [-0.39, 0.29) is 5.91 Å². The molecule has 29 heavy (non-hydrogen) atoms. The van der Waals surface area contributed by atoms with Crippen LogP contribution in [0.2, 0.25) is 0 Å². The van der Waals surface area contributed by atoms with E-state index >= 15 is 0 Å². The van der Waals surface area contributed by atoms with Gasteiger partial charge in [0.05, 0.1) is 4.88 Å². The molecule has 0 atom stereocenters. The fourth-order valence-electron chi connectivity index (χ4n) is 3.78. The van der Waals surface area contributed by atoms with Gasteiger partial charge in [0.15, 0.2) is 10.6 Å². The van der Waals surface area contributed by atoms with E-state index in [2.05, 4.69) is 51.9 Å². The van der Waals surface area contributed by atoms with Gasteiger partial charge in [-0.3, -0.25) is 14.5 Å². The summed E-state index contributed by atoms with van der Waals surface area (Å²) >= 11 is 6.93. The first kappa shape index (κ1) is 18.0. The number of anilines is 1. The molecule has 2 N–H and O–H groups in total. The van der Waals surface area contributed by atoms with Crippen LogP contribution in [0.3, 0.4) is 0 Å². The fourth-order valence-corrected chi connectivity index (χ4v) is 4.72. The quantitative estimate of drug-likeness (QED) is 0.382. The van der Waals surface area contributed by atoms with Crippen molar-refractivity contribution in [3.8, 4) is 21.8 Å². The number of amides is 1. The lowest BCUT2D eigenvalue weighted by Gasteiger charge is -2.09. The van der Waals surface area contributed by atoms with Crippen LogP contribution in [0.5, 0.6) is 0 Å². The first-order valence-electron chi connectivity index (χ1n) is 9.39. The molecule has 7 heteroatoms. The first-order chi connectivity index (χ1) is 14.2. The number of rotatable bonds is 5. The van der Waals surface area contributed by atoms with Crippen LogP contribution in [-0.2, 0) is 17.8 Å². The molecule has 5 rings (SSSR count). The summed E-state index contributed by atoms with van der Waals surface area (Å²) < 4.78 is 2.40. The number of nitrogens with one attached hydrogen (secondary N) is 2. The Kier molecular flexibility index (Phi) is 4.61. The van der Waals surface area contributed by atoms with Gasteiger partial charge < -0.3 is 5.32 Å². The van der Waals surface area contributed by atoms with Gasteiger partial charge in [-0.25, -0.2) is 0 Å². The lowest BCUT2D eigenvalue weighted by atomic mass is 10.1. The van der Waals surface area contributed by atoms with Crippen molar-refractivity contribution in [2.24, 2.45) is 0 Å². The van der Waals surface area contributed by atoms with Crippen LogP contribution in [-0.4, -0.2) is 20.7 Å². The number of H-pyrrole nitrogens is 1. The third-order valence-corrected chi connectivity index (χ3v) is 6.32. The van der Waals surface area contributed by atoms with Gasteiger partial charge in [-0.15, -0.1) is 11.3 Å². The molecular weight excluding hydrogens is 400 g/mol. The van der Waals surface area contributed by atoms with Gasteiger partial charge >= 0.3 is 0 Å². The van der Waals surface area contributed by atoms with Gasteiger partial charge in [0, 0.05) is 18.7 Å². The second-order valence-electron chi connectivity index (χ2n) is 6.99. The van der Waals surface area contributed by atoms with E-state index in [9.17, 15) is 4.79 Å². The second-order valence-corrected chi connectivity index (χ2v) is 8.32. The SMILES string of the molecule is O=C(CCn1c(-c2cccs2)n[nH]c1=S)Nc1ccc2c(c1)Cc1ccccc1-2. The Morgan fingerprint density at radius 2 is 2.00 bits per heavy atom. The van der Waals surface area contributed by atoms with E-state index in [4.69, 9.17) is 12.2 Å². The van der Waals surface area contributed by atoms with E-state index in [0.717, 1.165) is 22.8 Å². The number of fused-ring (bicyclic) bond motifs is 3. The lowest BCUT2D eigenvalue weighted by Crippen LogP contribution is -2.15. The summed E-state index contributed by atoms with van der Waals surface area (Å²) in [5.74, 6) is 0.730. The molecule has 0 saturated heterocycles. The molecular formula is C22H18N4OS2. The van der Waals surface area contributed by atoms with Crippen molar-refractivity contribution < 1.29 is 4.79 Å². The first-order valence-corrected chi connectivity index (χ1v) is 10.7. The zero-order chi connectivity index (χ0) is 19.8. The average Bonchev–Trinajstić information content (AvgIpc) is 3.44. The molecule has 2 aromatic carbocycles. The number of aromatic amines is 1. The van der Waals surface area contributed by atoms with Crippen molar-refractivity contribution in [3.63, 3.8) is 0 Å². The highest BCUT2D eigenvalue weighted by Gasteiger charge is 2.18. The zero-order valence-electron chi connectivity index (χ0n) is 15.5. The van der Waals surface area contributed by atoms with Crippen LogP contribution in [0.25, 0.3) is 21.8 Å². The van der Waals surface area contributed by atoms with E-state index < -0.39 is 0 Å². The Labute approximate surface area is 177 Å². The lowest BCUT2D eigenvalue weighted by molar-refractivity contribution is -0.116. The summed E-state index contributed by atoms with van der Waals surface area (Å²) in [5.41, 5.74) is 5.96. The summed E-state index contributed by atoms with van der Waals surface area (Å²) in [6.45, 7) is 0.477. The molecule has 1 aliphatic rings. The Morgan fingerprint density at radius 1 is 1.14 bits per heavy atom. The maximum atomic E-state index is 12.5. The average molecular weight is 419 g/mol. The molecule has 0 saturated carbocycles. The standard InChI is InChI=1S/C22H18N4OS2/c27-20(9-10-26-21(24-25-22(26)28)19-6-3-11-29-19)23-16-7-8-18-15(13-16)12-14-4-1-2-5-17(14)18/h1-8,11,13H,9-10,12H2,(H,23,27)(H,25,28). The van der Waals surface area contributed by atoms with Crippen molar-refractivity contribution >= 4 is 35.1 Å². The Hall–Kier alpha value is -3.03. The number of carbonyl (C=O) groups excluding carboxylic acids is 1. The molecule has 0 spiro atoms. The van der Waals surface area contributed by atoms with E-state index in [1.54, 1.807) is 11.3 Å². The van der Waals surface area contributed by atoms with Crippen molar-refractivity contribution in [2.45, 2.75) is 19.4 Å². The molecule has 1 amide bonds. The summed E-state index contributed by atoms with van der Waals surface area (Å²) in [6.07, 6.45) is 1.23. The smallest absolute Gasteiger partial charge is 0.226 e. The van der Waals surface area contributed by atoms with Crippen LogP contribution in [0.15, 0.2) is 60.0 Å². The third kappa shape index (κ3) is 3.43. The van der Waals surface area contributed by atoms with Crippen LogP contribution in [0, 0.1) is 4.77 Å². The summed E-state index contributed by atoms with van der Waals surface area (Å²) in [4.78, 5) is 13.6. The Bertz CT molecular complexity index is 1250. The number of aromatic nitrogens is 3. The van der Waals surface area contributed by atoms with Gasteiger partial charge in [0.1, 0.15) is 0 Å². The summed E-state index contributed by atoms with van der Waals surface area (Å²) in [5, 5.41) is 12.1. The second kappa shape index (κ2) is 7.42. The molecule has 5 nitrogen and oxygen atoms in total. The predicted octanol–water partition coefficient (Wildman–Crippen LogP) is 5.27. The number of carbonyl (C=O) groups is 1.